The second-order valence-electron chi connectivity index (χ2n) is 6.17. The fourth-order valence-electron chi connectivity index (χ4n) is 2.88. The molecule has 0 aliphatic rings. The van der Waals surface area contributed by atoms with Crippen molar-refractivity contribution in [2.24, 2.45) is 0 Å². The Hall–Kier alpha value is -3.51. The molecule has 0 heterocycles. The lowest BCUT2D eigenvalue weighted by molar-refractivity contribution is -0.385. The van der Waals surface area contributed by atoms with E-state index >= 15 is 0 Å². The Morgan fingerprint density at radius 1 is 0.893 bits per heavy atom. The summed E-state index contributed by atoms with van der Waals surface area (Å²) in [6.07, 6.45) is -0.376. The number of nitrogens with zero attached hydrogens (tertiary/aromatic N) is 1. The number of hydrogen-bond donors (Lipinski definition) is 1. The number of carbonyl (C=O) groups excluding carboxylic acids is 1. The molecule has 28 heavy (non-hydrogen) atoms. The summed E-state index contributed by atoms with van der Waals surface area (Å²) in [6, 6.07) is 25.6. The number of amides is 1. The van der Waals surface area contributed by atoms with Gasteiger partial charge in [0.05, 0.1) is 4.92 Å². The molecule has 0 aliphatic heterocycles. The molecular weight excluding hydrogens is 356 g/mol. The van der Waals surface area contributed by atoms with Gasteiger partial charge in [-0.3, -0.25) is 14.9 Å². The minimum absolute atomic E-state index is 0.0184. The zero-order valence-electron chi connectivity index (χ0n) is 15.2. The van der Waals surface area contributed by atoms with Gasteiger partial charge in [-0.15, -0.1) is 0 Å². The highest BCUT2D eigenvalue weighted by Crippen LogP contribution is 2.25. The Morgan fingerprint density at radius 3 is 2.00 bits per heavy atom. The second-order valence-corrected chi connectivity index (χ2v) is 6.17. The van der Waals surface area contributed by atoms with Gasteiger partial charge in [0.25, 0.3) is 5.69 Å². The quantitative estimate of drug-likeness (QED) is 0.476. The molecule has 3 rings (SSSR count). The molecule has 0 spiro atoms. The molecule has 0 radical (unpaired) electrons. The molecule has 3 aromatic carbocycles. The maximum absolute atomic E-state index is 12.3. The molecule has 0 aromatic heterocycles. The average molecular weight is 376 g/mol. The van der Waals surface area contributed by atoms with Gasteiger partial charge in [0.2, 0.25) is 5.91 Å². The maximum atomic E-state index is 12.3. The number of ether oxygens (including phenoxy) is 1. The normalized spacial score (nSPS) is 10.6. The second kappa shape index (κ2) is 9.43. The predicted octanol–water partition coefficient (Wildman–Crippen LogP) is 4.02. The zero-order chi connectivity index (χ0) is 19.8. The van der Waals surface area contributed by atoms with Gasteiger partial charge in [-0.2, -0.15) is 0 Å². The number of benzene rings is 3. The largest absolute Gasteiger partial charge is 0.359 e. The van der Waals surface area contributed by atoms with Crippen LogP contribution in [0, 0.1) is 10.1 Å². The molecule has 0 saturated carbocycles. The van der Waals surface area contributed by atoms with Crippen molar-refractivity contribution < 1.29 is 14.5 Å². The first-order valence-electron chi connectivity index (χ1n) is 8.85. The molecule has 1 N–H and O–H groups in total. The molecule has 0 unspecified atom stereocenters. The molecule has 0 fully saturated rings. The van der Waals surface area contributed by atoms with E-state index in [1.165, 1.54) is 6.07 Å². The average Bonchev–Trinajstić information content (AvgIpc) is 2.74. The van der Waals surface area contributed by atoms with Crippen LogP contribution < -0.4 is 5.32 Å². The Bertz CT molecular complexity index is 890. The third-order valence-electron chi connectivity index (χ3n) is 4.25. The van der Waals surface area contributed by atoms with Gasteiger partial charge in [-0.25, -0.2) is 0 Å². The molecule has 3 aromatic rings. The molecule has 0 bridgehead atoms. The molecule has 6 nitrogen and oxygen atoms in total. The van der Waals surface area contributed by atoms with Crippen molar-refractivity contribution in [1.82, 2.24) is 5.32 Å². The van der Waals surface area contributed by atoms with E-state index in [2.05, 4.69) is 5.32 Å². The van der Waals surface area contributed by atoms with Crippen LogP contribution >= 0.6 is 0 Å². The number of para-hydroxylation sites is 1. The van der Waals surface area contributed by atoms with Crippen molar-refractivity contribution in [2.75, 3.05) is 6.61 Å². The van der Waals surface area contributed by atoms with Gasteiger partial charge < -0.3 is 10.1 Å². The SMILES string of the molecule is O=C(COC(c1ccccc1)c1ccccc1)NCc1ccccc1[N+](=O)[O-]. The lowest BCUT2D eigenvalue weighted by Gasteiger charge is -2.18. The fraction of sp³-hybridized carbons (Fsp3) is 0.136. The molecule has 0 atom stereocenters. The zero-order valence-corrected chi connectivity index (χ0v) is 15.2. The van der Waals surface area contributed by atoms with Crippen molar-refractivity contribution in [2.45, 2.75) is 12.6 Å². The van der Waals surface area contributed by atoms with Crippen LogP contribution in [0.2, 0.25) is 0 Å². The van der Waals surface area contributed by atoms with E-state index in [0.717, 1.165) is 11.1 Å². The van der Waals surface area contributed by atoms with Crippen molar-refractivity contribution in [3.63, 3.8) is 0 Å². The molecule has 0 aliphatic carbocycles. The van der Waals surface area contributed by atoms with Crippen LogP contribution in [0.5, 0.6) is 0 Å². The number of nitrogens with one attached hydrogen (secondary N) is 1. The van der Waals surface area contributed by atoms with Crippen LogP contribution in [-0.2, 0) is 16.1 Å². The summed E-state index contributed by atoms with van der Waals surface area (Å²) in [4.78, 5) is 22.9. The van der Waals surface area contributed by atoms with E-state index in [9.17, 15) is 14.9 Å². The van der Waals surface area contributed by atoms with Gasteiger partial charge in [-0.05, 0) is 11.1 Å². The van der Waals surface area contributed by atoms with E-state index in [1.54, 1.807) is 18.2 Å². The molecule has 1 amide bonds. The van der Waals surface area contributed by atoms with Crippen molar-refractivity contribution >= 4 is 11.6 Å². The van der Waals surface area contributed by atoms with Gasteiger partial charge in [0.1, 0.15) is 12.7 Å². The van der Waals surface area contributed by atoms with Crippen molar-refractivity contribution in [1.29, 1.82) is 0 Å². The van der Waals surface area contributed by atoms with Crippen LogP contribution in [0.1, 0.15) is 22.8 Å². The van der Waals surface area contributed by atoms with Crippen LogP contribution in [0.3, 0.4) is 0 Å². The molecule has 142 valence electrons. The Balaban J connectivity index is 1.64. The van der Waals surface area contributed by atoms with E-state index in [0.29, 0.717) is 5.56 Å². The number of nitro benzene ring substituents is 1. The van der Waals surface area contributed by atoms with E-state index < -0.39 is 4.92 Å². The summed E-state index contributed by atoms with van der Waals surface area (Å²) in [5, 5.41) is 13.7. The number of nitro groups is 1. The summed E-state index contributed by atoms with van der Waals surface area (Å²) < 4.78 is 5.90. The Labute approximate surface area is 162 Å². The highest BCUT2D eigenvalue weighted by Gasteiger charge is 2.17. The number of carbonyl (C=O) groups is 1. The van der Waals surface area contributed by atoms with Gasteiger partial charge >= 0.3 is 0 Å². The lowest BCUT2D eigenvalue weighted by atomic mass is 10.0. The monoisotopic (exact) mass is 376 g/mol. The topological polar surface area (TPSA) is 81.5 Å². The third kappa shape index (κ3) is 5.02. The molecule has 6 heteroatoms. The van der Waals surface area contributed by atoms with Gasteiger partial charge in [0.15, 0.2) is 0 Å². The first kappa shape index (κ1) is 19.3. The smallest absolute Gasteiger partial charge is 0.274 e. The minimum Gasteiger partial charge on any atom is -0.359 e. The summed E-state index contributed by atoms with van der Waals surface area (Å²) in [5.74, 6) is -0.338. The third-order valence-corrected chi connectivity index (χ3v) is 4.25. The van der Waals surface area contributed by atoms with E-state index in [-0.39, 0.29) is 30.9 Å². The minimum atomic E-state index is -0.459. The summed E-state index contributed by atoms with van der Waals surface area (Å²) >= 11 is 0. The van der Waals surface area contributed by atoms with Crippen molar-refractivity contribution in [3.8, 4) is 0 Å². The lowest BCUT2D eigenvalue weighted by Crippen LogP contribution is -2.28. The molecule has 0 saturated heterocycles. The first-order chi connectivity index (χ1) is 13.6. The summed E-state index contributed by atoms with van der Waals surface area (Å²) in [7, 11) is 0. The van der Waals surface area contributed by atoms with Crippen LogP contribution in [0.15, 0.2) is 84.9 Å². The van der Waals surface area contributed by atoms with E-state index in [4.69, 9.17) is 4.74 Å². The van der Waals surface area contributed by atoms with E-state index in [1.807, 2.05) is 60.7 Å². The van der Waals surface area contributed by atoms with Crippen LogP contribution in [0.4, 0.5) is 5.69 Å². The Kier molecular flexibility index (Phi) is 6.49. The highest BCUT2D eigenvalue weighted by molar-refractivity contribution is 5.77. The summed E-state index contributed by atoms with van der Waals surface area (Å²) in [6.45, 7) is -0.0875. The van der Waals surface area contributed by atoms with Crippen LogP contribution in [-0.4, -0.2) is 17.4 Å². The Morgan fingerprint density at radius 2 is 1.43 bits per heavy atom. The summed E-state index contributed by atoms with van der Waals surface area (Å²) in [5.41, 5.74) is 2.32. The number of rotatable bonds is 8. The highest BCUT2D eigenvalue weighted by atomic mass is 16.6. The molecular formula is C22H20N2O4. The van der Waals surface area contributed by atoms with Crippen LogP contribution in [0.25, 0.3) is 0 Å². The van der Waals surface area contributed by atoms with Gasteiger partial charge in [0, 0.05) is 18.2 Å². The number of hydrogen-bond acceptors (Lipinski definition) is 4. The fourth-order valence-corrected chi connectivity index (χ4v) is 2.88. The standard InChI is InChI=1S/C22H20N2O4/c25-21(23-15-19-13-7-8-14-20(19)24(26)27)16-28-22(17-9-3-1-4-10-17)18-11-5-2-6-12-18/h1-14,22H,15-16H2,(H,23,25). The van der Waals surface area contributed by atoms with Gasteiger partial charge in [-0.1, -0.05) is 78.9 Å². The predicted molar refractivity (Wildman–Crippen MR) is 106 cm³/mol. The van der Waals surface area contributed by atoms with Crippen molar-refractivity contribution in [3.05, 3.63) is 112 Å². The first-order valence-corrected chi connectivity index (χ1v) is 8.85. The maximum Gasteiger partial charge on any atom is 0.274 e.